The first-order valence-corrected chi connectivity index (χ1v) is 15.0. The van der Waals surface area contributed by atoms with Crippen molar-refractivity contribution in [3.8, 4) is 0 Å². The highest BCUT2D eigenvalue weighted by atomic mass is 31.2. The standard InChI is InChI=1S/C34H30FO6P/c35-32-17-9-14-28(20-32)21-33(41-34(36)31-19-18-29-15-7-8-16-30(29)22-31)25-40-42(37,38-23-26-10-3-1-4-11-26)39-24-27-12-5-2-6-13-27/h1-20,22,33H,21,23-25H2/t33-/m1/s1. The summed E-state index contributed by atoms with van der Waals surface area (Å²) in [5, 5.41) is 1.87. The van der Waals surface area contributed by atoms with Crippen molar-refractivity contribution in [2.24, 2.45) is 0 Å². The van der Waals surface area contributed by atoms with Crippen molar-refractivity contribution >= 4 is 24.6 Å². The zero-order valence-electron chi connectivity index (χ0n) is 22.8. The van der Waals surface area contributed by atoms with E-state index in [0.717, 1.165) is 21.9 Å². The first kappa shape index (κ1) is 29.4. The Balaban J connectivity index is 1.34. The van der Waals surface area contributed by atoms with Crippen LogP contribution in [0.4, 0.5) is 4.39 Å². The molecule has 5 aromatic rings. The van der Waals surface area contributed by atoms with Gasteiger partial charge in [0.15, 0.2) is 0 Å². The Bertz CT molecular complexity index is 1610. The molecule has 0 amide bonds. The molecule has 5 rings (SSSR count). The maximum atomic E-state index is 14.0. The minimum absolute atomic E-state index is 0.0155. The van der Waals surface area contributed by atoms with Gasteiger partial charge in [0.05, 0.1) is 25.4 Å². The third-order valence-corrected chi connectivity index (χ3v) is 7.85. The Morgan fingerprint density at radius 1 is 0.643 bits per heavy atom. The first-order chi connectivity index (χ1) is 20.5. The fourth-order valence-electron chi connectivity index (χ4n) is 4.34. The van der Waals surface area contributed by atoms with Gasteiger partial charge in [-0.15, -0.1) is 0 Å². The molecule has 0 aliphatic carbocycles. The lowest BCUT2D eigenvalue weighted by atomic mass is 10.1. The Kier molecular flexibility index (Phi) is 9.90. The molecule has 8 heteroatoms. The molecule has 0 fully saturated rings. The van der Waals surface area contributed by atoms with Gasteiger partial charge in [0.2, 0.25) is 0 Å². The van der Waals surface area contributed by atoms with E-state index in [1.807, 2.05) is 91.0 Å². The number of benzene rings is 5. The number of rotatable bonds is 13. The summed E-state index contributed by atoms with van der Waals surface area (Å²) in [4.78, 5) is 13.2. The van der Waals surface area contributed by atoms with Crippen molar-refractivity contribution in [2.75, 3.05) is 6.61 Å². The number of ether oxygens (including phenoxy) is 1. The lowest BCUT2D eigenvalue weighted by molar-refractivity contribution is 0.00783. The Hall–Kier alpha value is -4.13. The molecule has 0 saturated heterocycles. The van der Waals surface area contributed by atoms with Gasteiger partial charge in [-0.2, -0.15) is 0 Å². The van der Waals surface area contributed by atoms with Gasteiger partial charge in [0.1, 0.15) is 11.9 Å². The van der Waals surface area contributed by atoms with Crippen LogP contribution >= 0.6 is 7.82 Å². The summed E-state index contributed by atoms with van der Waals surface area (Å²) in [6.07, 6.45) is -0.797. The molecule has 1 atom stereocenters. The topological polar surface area (TPSA) is 71.1 Å². The largest absolute Gasteiger partial charge is 0.475 e. The van der Waals surface area contributed by atoms with Crippen LogP contribution in [0.1, 0.15) is 27.0 Å². The van der Waals surface area contributed by atoms with E-state index in [2.05, 4.69) is 0 Å². The van der Waals surface area contributed by atoms with Gasteiger partial charge in [-0.25, -0.2) is 13.8 Å². The molecule has 0 aromatic heterocycles. The van der Waals surface area contributed by atoms with E-state index >= 15 is 0 Å². The molecule has 0 saturated carbocycles. The van der Waals surface area contributed by atoms with Crippen LogP contribution in [-0.4, -0.2) is 18.7 Å². The predicted molar refractivity (Wildman–Crippen MR) is 159 cm³/mol. The average molecular weight is 585 g/mol. The van der Waals surface area contributed by atoms with Crippen LogP contribution in [0.15, 0.2) is 127 Å². The molecule has 0 radical (unpaired) electrons. The number of carbonyl (C=O) groups excluding carboxylic acids is 1. The number of esters is 1. The van der Waals surface area contributed by atoms with Crippen molar-refractivity contribution in [3.63, 3.8) is 0 Å². The molecular formula is C34H30FO6P. The molecule has 5 aromatic carbocycles. The average Bonchev–Trinajstić information content (AvgIpc) is 3.02. The van der Waals surface area contributed by atoms with Crippen LogP contribution in [0.25, 0.3) is 10.8 Å². The third kappa shape index (κ3) is 8.44. The molecule has 0 N–H and O–H groups in total. The first-order valence-electron chi connectivity index (χ1n) is 13.5. The van der Waals surface area contributed by atoms with Gasteiger partial charge in [0, 0.05) is 6.42 Å². The summed E-state index contributed by atoms with van der Waals surface area (Å²) in [5.74, 6) is -1.01. The zero-order valence-corrected chi connectivity index (χ0v) is 23.7. The molecule has 6 nitrogen and oxygen atoms in total. The van der Waals surface area contributed by atoms with Gasteiger partial charge in [0.25, 0.3) is 0 Å². The van der Waals surface area contributed by atoms with E-state index < -0.39 is 25.7 Å². The van der Waals surface area contributed by atoms with Crippen molar-refractivity contribution in [3.05, 3.63) is 155 Å². The van der Waals surface area contributed by atoms with Gasteiger partial charge in [-0.3, -0.25) is 13.6 Å². The number of fused-ring (bicyclic) bond motifs is 1. The van der Waals surface area contributed by atoms with Gasteiger partial charge in [-0.05, 0) is 51.7 Å². The Morgan fingerprint density at radius 2 is 1.24 bits per heavy atom. The van der Waals surface area contributed by atoms with Crippen molar-refractivity contribution in [1.82, 2.24) is 0 Å². The van der Waals surface area contributed by atoms with Crippen molar-refractivity contribution < 1.29 is 32.1 Å². The smallest absolute Gasteiger partial charge is 0.456 e. The van der Waals surface area contributed by atoms with Crippen LogP contribution in [0.2, 0.25) is 0 Å². The lowest BCUT2D eigenvalue weighted by Crippen LogP contribution is -2.26. The van der Waals surface area contributed by atoms with E-state index in [1.165, 1.54) is 12.1 Å². The summed E-state index contributed by atoms with van der Waals surface area (Å²) in [6, 6.07) is 37.4. The molecule has 0 unspecified atom stereocenters. The maximum absolute atomic E-state index is 14.0. The molecule has 0 heterocycles. The number of halogens is 1. The quantitative estimate of drug-likeness (QED) is 0.102. The molecule has 0 aliphatic heterocycles. The minimum Gasteiger partial charge on any atom is -0.456 e. The summed E-state index contributed by atoms with van der Waals surface area (Å²) >= 11 is 0. The van der Waals surface area contributed by atoms with Crippen molar-refractivity contribution in [2.45, 2.75) is 25.7 Å². The molecule has 0 aliphatic rings. The second-order valence-corrected chi connectivity index (χ2v) is 11.4. The number of phosphoric ester groups is 1. The highest BCUT2D eigenvalue weighted by molar-refractivity contribution is 7.48. The maximum Gasteiger partial charge on any atom is 0.475 e. The van der Waals surface area contributed by atoms with Gasteiger partial charge in [-0.1, -0.05) is 103 Å². The molecule has 214 valence electrons. The second kappa shape index (κ2) is 14.2. The van der Waals surface area contributed by atoms with E-state index in [0.29, 0.717) is 11.1 Å². The van der Waals surface area contributed by atoms with Crippen LogP contribution in [0.5, 0.6) is 0 Å². The summed E-state index contributed by atoms with van der Waals surface area (Å²) in [7, 11) is -4.13. The summed E-state index contributed by atoms with van der Waals surface area (Å²) < 4.78 is 50.8. The number of hydrogen-bond donors (Lipinski definition) is 0. The normalized spacial score (nSPS) is 12.2. The molecule has 0 spiro atoms. The predicted octanol–water partition coefficient (Wildman–Crippen LogP) is 8.31. The molecule has 0 bridgehead atoms. The minimum atomic E-state index is -4.13. The number of hydrogen-bond acceptors (Lipinski definition) is 6. The Labute approximate surface area is 244 Å². The van der Waals surface area contributed by atoms with E-state index in [-0.39, 0.29) is 26.2 Å². The van der Waals surface area contributed by atoms with E-state index in [1.54, 1.807) is 24.3 Å². The second-order valence-electron chi connectivity index (χ2n) is 9.68. The van der Waals surface area contributed by atoms with Gasteiger partial charge >= 0.3 is 13.8 Å². The fourth-order valence-corrected chi connectivity index (χ4v) is 5.53. The van der Waals surface area contributed by atoms with Crippen LogP contribution in [0, 0.1) is 5.82 Å². The number of carbonyl (C=O) groups is 1. The molecular weight excluding hydrogens is 554 g/mol. The summed E-state index contributed by atoms with van der Waals surface area (Å²) in [6.45, 7) is -0.340. The van der Waals surface area contributed by atoms with Crippen LogP contribution in [0.3, 0.4) is 0 Å². The third-order valence-electron chi connectivity index (χ3n) is 6.49. The fraction of sp³-hybridized carbons (Fsp3) is 0.147. The molecule has 42 heavy (non-hydrogen) atoms. The highest BCUT2D eigenvalue weighted by Gasteiger charge is 2.30. The SMILES string of the molecule is O=C(O[C@@H](COP(=O)(OCc1ccccc1)OCc1ccccc1)Cc1cccc(F)c1)c1ccc2ccccc2c1. The lowest BCUT2D eigenvalue weighted by Gasteiger charge is -2.23. The van der Waals surface area contributed by atoms with E-state index in [4.69, 9.17) is 18.3 Å². The van der Waals surface area contributed by atoms with Crippen molar-refractivity contribution in [1.29, 1.82) is 0 Å². The Morgan fingerprint density at radius 3 is 1.88 bits per heavy atom. The van der Waals surface area contributed by atoms with Crippen LogP contribution < -0.4 is 0 Å². The van der Waals surface area contributed by atoms with E-state index in [9.17, 15) is 13.8 Å². The summed E-state index contributed by atoms with van der Waals surface area (Å²) in [5.41, 5.74) is 2.49. The van der Waals surface area contributed by atoms with Crippen LogP contribution in [-0.2, 0) is 42.5 Å². The monoisotopic (exact) mass is 584 g/mol. The zero-order chi connectivity index (χ0) is 29.2. The highest BCUT2D eigenvalue weighted by Crippen LogP contribution is 2.51. The number of phosphoric acid groups is 1. The van der Waals surface area contributed by atoms with Gasteiger partial charge < -0.3 is 4.74 Å².